The van der Waals surface area contributed by atoms with Crippen molar-refractivity contribution in [2.75, 3.05) is 26.7 Å². The van der Waals surface area contributed by atoms with Crippen molar-refractivity contribution in [3.05, 3.63) is 30.1 Å². The molecule has 1 aromatic heterocycles. The normalized spacial score (nSPS) is 17.0. The summed E-state index contributed by atoms with van der Waals surface area (Å²) in [5, 5.41) is 7.97. The molecule has 138 valence electrons. The molecular weight excluding hydrogens is 336 g/mol. The topological polar surface area (TPSA) is 119 Å². The number of urea groups is 1. The maximum Gasteiger partial charge on any atom is 0.318 e. The van der Waals surface area contributed by atoms with Gasteiger partial charge < -0.3 is 25.8 Å². The van der Waals surface area contributed by atoms with E-state index in [4.69, 9.17) is 0 Å². The number of carbonyl (C=O) groups excluding carboxylic acids is 3. The van der Waals surface area contributed by atoms with Gasteiger partial charge in [0.1, 0.15) is 11.9 Å². The monoisotopic (exact) mass is 358 g/mol. The number of benzene rings is 1. The Morgan fingerprint density at radius 2 is 2.15 bits per heavy atom. The molecule has 1 fully saturated rings. The second kappa shape index (κ2) is 7.85. The molecule has 3 rings (SSSR count). The van der Waals surface area contributed by atoms with Crippen LogP contribution in [-0.2, 0) is 16.0 Å². The fourth-order valence-electron chi connectivity index (χ4n) is 2.95. The number of piperazine rings is 1. The van der Waals surface area contributed by atoms with Gasteiger partial charge >= 0.3 is 6.03 Å². The first-order valence-corrected chi connectivity index (χ1v) is 8.55. The molecule has 1 aromatic carbocycles. The van der Waals surface area contributed by atoms with E-state index in [1.807, 2.05) is 24.3 Å². The van der Waals surface area contributed by atoms with Gasteiger partial charge in [0.15, 0.2) is 0 Å². The summed E-state index contributed by atoms with van der Waals surface area (Å²) < 4.78 is 0. The number of nitrogens with one attached hydrogen (secondary N) is 4. The average molecular weight is 358 g/mol. The number of aromatic nitrogens is 2. The number of hydrogen-bond donors (Lipinski definition) is 4. The number of aromatic amines is 1. The van der Waals surface area contributed by atoms with Gasteiger partial charge in [0.05, 0.1) is 17.5 Å². The first-order valence-electron chi connectivity index (χ1n) is 8.55. The number of imidazole rings is 1. The molecule has 0 unspecified atom stereocenters. The number of amides is 4. The van der Waals surface area contributed by atoms with Gasteiger partial charge in [-0.25, -0.2) is 9.78 Å². The molecule has 1 saturated heterocycles. The Labute approximate surface area is 150 Å². The molecular formula is C17H22N6O3. The lowest BCUT2D eigenvalue weighted by atomic mass is 10.1. The van der Waals surface area contributed by atoms with E-state index < -0.39 is 6.04 Å². The molecule has 2 heterocycles. The number of carbonyl (C=O) groups is 3. The van der Waals surface area contributed by atoms with Gasteiger partial charge in [-0.2, -0.15) is 0 Å². The van der Waals surface area contributed by atoms with Crippen molar-refractivity contribution in [1.29, 1.82) is 0 Å². The van der Waals surface area contributed by atoms with Gasteiger partial charge in [0, 0.05) is 33.1 Å². The van der Waals surface area contributed by atoms with Crippen LogP contribution in [0.3, 0.4) is 0 Å². The summed E-state index contributed by atoms with van der Waals surface area (Å²) in [6.45, 7) is 1.12. The molecule has 0 saturated carbocycles. The van der Waals surface area contributed by atoms with E-state index in [0.29, 0.717) is 26.1 Å². The van der Waals surface area contributed by atoms with Crippen LogP contribution >= 0.6 is 0 Å². The Balaban J connectivity index is 1.57. The van der Waals surface area contributed by atoms with Crippen molar-refractivity contribution in [2.24, 2.45) is 0 Å². The number of rotatable bonds is 5. The van der Waals surface area contributed by atoms with Crippen LogP contribution in [0.5, 0.6) is 0 Å². The lowest BCUT2D eigenvalue weighted by Gasteiger charge is -2.34. The molecule has 0 spiro atoms. The molecule has 4 amide bonds. The van der Waals surface area contributed by atoms with Crippen LogP contribution in [0.2, 0.25) is 0 Å². The Morgan fingerprint density at radius 1 is 1.35 bits per heavy atom. The molecule has 2 aromatic rings. The predicted octanol–water partition coefficient (Wildman–Crippen LogP) is -0.248. The van der Waals surface area contributed by atoms with Crippen LogP contribution in [0, 0.1) is 0 Å². The van der Waals surface area contributed by atoms with Crippen molar-refractivity contribution in [1.82, 2.24) is 30.8 Å². The van der Waals surface area contributed by atoms with Crippen LogP contribution in [0.15, 0.2) is 24.3 Å². The minimum atomic E-state index is -0.796. The molecule has 9 nitrogen and oxygen atoms in total. The minimum absolute atomic E-state index is 0.0562. The third-order valence-electron chi connectivity index (χ3n) is 4.33. The molecule has 9 heteroatoms. The number of fused-ring (bicyclic) bond motifs is 1. The lowest BCUT2D eigenvalue weighted by molar-refractivity contribution is -0.132. The highest BCUT2D eigenvalue weighted by Gasteiger charge is 2.34. The summed E-state index contributed by atoms with van der Waals surface area (Å²) in [6, 6.07) is 6.56. The van der Waals surface area contributed by atoms with Gasteiger partial charge in [-0.3, -0.25) is 9.59 Å². The first kappa shape index (κ1) is 17.7. The van der Waals surface area contributed by atoms with E-state index in [-0.39, 0.29) is 24.3 Å². The molecule has 26 heavy (non-hydrogen) atoms. The average Bonchev–Trinajstić information content (AvgIpc) is 3.05. The highest BCUT2D eigenvalue weighted by Crippen LogP contribution is 2.11. The molecule has 1 aliphatic heterocycles. The third-order valence-corrected chi connectivity index (χ3v) is 4.33. The van der Waals surface area contributed by atoms with Crippen LogP contribution in [0.1, 0.15) is 12.2 Å². The second-order valence-electron chi connectivity index (χ2n) is 6.06. The summed E-state index contributed by atoms with van der Waals surface area (Å²) in [5.74, 6) is 0.184. The zero-order valence-electron chi connectivity index (χ0n) is 14.5. The molecule has 1 atom stereocenters. The maximum atomic E-state index is 12.5. The number of para-hydroxylation sites is 2. The van der Waals surface area contributed by atoms with Crippen LogP contribution in [0.25, 0.3) is 11.0 Å². The zero-order valence-corrected chi connectivity index (χ0v) is 14.5. The van der Waals surface area contributed by atoms with E-state index >= 15 is 0 Å². The zero-order chi connectivity index (χ0) is 18.5. The number of H-pyrrole nitrogens is 1. The van der Waals surface area contributed by atoms with E-state index in [2.05, 4.69) is 25.9 Å². The summed E-state index contributed by atoms with van der Waals surface area (Å²) >= 11 is 0. The standard InChI is InChI=1S/C17H22N6O3/c1-18-15(24)10-13-16(25)19-8-9-23(13)17(26)20-7-6-14-21-11-4-2-3-5-12(11)22-14/h2-5,13H,6-10H2,1H3,(H,18,24)(H,19,25)(H,20,26)(H,21,22)/t13-/m1/s1. The van der Waals surface area contributed by atoms with Crippen LogP contribution < -0.4 is 16.0 Å². The van der Waals surface area contributed by atoms with E-state index in [9.17, 15) is 14.4 Å². The van der Waals surface area contributed by atoms with Gasteiger partial charge in [0.2, 0.25) is 11.8 Å². The van der Waals surface area contributed by atoms with Crippen LogP contribution in [0.4, 0.5) is 4.79 Å². The minimum Gasteiger partial charge on any atom is -0.359 e. The Bertz CT molecular complexity index is 785. The molecule has 0 radical (unpaired) electrons. The van der Waals surface area contributed by atoms with Gasteiger partial charge in [-0.05, 0) is 12.1 Å². The second-order valence-corrected chi connectivity index (χ2v) is 6.06. The fourth-order valence-corrected chi connectivity index (χ4v) is 2.95. The van der Waals surface area contributed by atoms with Crippen molar-refractivity contribution in [3.8, 4) is 0 Å². The smallest absolute Gasteiger partial charge is 0.318 e. The maximum absolute atomic E-state index is 12.5. The highest BCUT2D eigenvalue weighted by atomic mass is 16.2. The van der Waals surface area contributed by atoms with Crippen molar-refractivity contribution in [3.63, 3.8) is 0 Å². The predicted molar refractivity (Wildman–Crippen MR) is 95.4 cm³/mol. The quantitative estimate of drug-likeness (QED) is 0.589. The van der Waals surface area contributed by atoms with Crippen molar-refractivity contribution >= 4 is 28.9 Å². The summed E-state index contributed by atoms with van der Waals surface area (Å²) in [6.07, 6.45) is 0.486. The largest absolute Gasteiger partial charge is 0.359 e. The lowest BCUT2D eigenvalue weighted by Crippen LogP contribution is -2.60. The Morgan fingerprint density at radius 3 is 2.92 bits per heavy atom. The number of nitrogens with zero attached hydrogens (tertiary/aromatic N) is 2. The number of hydrogen-bond acceptors (Lipinski definition) is 4. The molecule has 4 N–H and O–H groups in total. The highest BCUT2D eigenvalue weighted by molar-refractivity contribution is 5.92. The summed E-state index contributed by atoms with van der Waals surface area (Å²) in [4.78, 5) is 45.2. The summed E-state index contributed by atoms with van der Waals surface area (Å²) in [5.41, 5.74) is 1.83. The van der Waals surface area contributed by atoms with Gasteiger partial charge in [-0.15, -0.1) is 0 Å². The van der Waals surface area contributed by atoms with Crippen molar-refractivity contribution < 1.29 is 14.4 Å². The molecule has 0 aliphatic carbocycles. The summed E-state index contributed by atoms with van der Waals surface area (Å²) in [7, 11) is 1.50. The fraction of sp³-hybridized carbons (Fsp3) is 0.412. The molecule has 0 bridgehead atoms. The van der Waals surface area contributed by atoms with E-state index in [0.717, 1.165) is 16.9 Å². The Kier molecular flexibility index (Phi) is 5.35. The van der Waals surface area contributed by atoms with Crippen LogP contribution in [-0.4, -0.2) is 65.4 Å². The molecule has 1 aliphatic rings. The first-order chi connectivity index (χ1) is 12.6. The van der Waals surface area contributed by atoms with E-state index in [1.165, 1.54) is 11.9 Å². The SMILES string of the molecule is CNC(=O)C[C@@H]1C(=O)NCCN1C(=O)NCCc1nc2ccccc2[nH]1. The van der Waals surface area contributed by atoms with Crippen molar-refractivity contribution in [2.45, 2.75) is 18.9 Å². The van der Waals surface area contributed by atoms with Gasteiger partial charge in [-0.1, -0.05) is 12.1 Å². The van der Waals surface area contributed by atoms with E-state index in [1.54, 1.807) is 0 Å². The van der Waals surface area contributed by atoms with Gasteiger partial charge in [0.25, 0.3) is 0 Å². The Hall–Kier alpha value is -3.10. The third kappa shape index (κ3) is 3.93.